The van der Waals surface area contributed by atoms with Crippen molar-refractivity contribution in [3.63, 3.8) is 0 Å². The average molecular weight is 293 g/mol. The van der Waals surface area contributed by atoms with E-state index in [1.54, 1.807) is 17.5 Å². The highest BCUT2D eigenvalue weighted by atomic mass is 127. The smallest absolute Gasteiger partial charge is 0.270 e. The van der Waals surface area contributed by atoms with Gasteiger partial charge in [-0.25, -0.2) is 4.98 Å². The van der Waals surface area contributed by atoms with E-state index in [9.17, 15) is 0 Å². The zero-order chi connectivity index (χ0) is 8.55. The monoisotopic (exact) mass is 293 g/mol. The maximum atomic E-state index is 4.97. The molecule has 4 nitrogen and oxygen atoms in total. The van der Waals surface area contributed by atoms with Crippen molar-refractivity contribution in [3.8, 4) is 10.8 Å². The van der Waals surface area contributed by atoms with E-state index in [1.807, 2.05) is 29.5 Å². The van der Waals surface area contributed by atoms with E-state index in [2.05, 4.69) is 15.1 Å². The summed E-state index contributed by atoms with van der Waals surface area (Å²) in [4.78, 5) is 9.08. The van der Waals surface area contributed by atoms with Crippen LogP contribution in [0.2, 0.25) is 0 Å². The molecule has 12 heavy (non-hydrogen) atoms. The fourth-order valence-electron chi connectivity index (χ4n) is 0.766. The van der Waals surface area contributed by atoms with Crippen LogP contribution in [0.15, 0.2) is 10.7 Å². The van der Waals surface area contributed by atoms with Crippen molar-refractivity contribution in [1.82, 2.24) is 15.1 Å². The SMILES string of the molecule is Cc1ncc(-c2nc(I)no2)s1. The molecule has 0 spiro atoms. The molecule has 0 saturated carbocycles. The lowest BCUT2D eigenvalue weighted by atomic mass is 10.5. The molecule has 2 rings (SSSR count). The zero-order valence-corrected chi connectivity index (χ0v) is 9.09. The summed E-state index contributed by atoms with van der Waals surface area (Å²) in [5.74, 6) is 0.546. The highest BCUT2D eigenvalue weighted by molar-refractivity contribution is 14.1. The van der Waals surface area contributed by atoms with Crippen LogP contribution in [0.1, 0.15) is 5.01 Å². The van der Waals surface area contributed by atoms with Gasteiger partial charge in [0.1, 0.15) is 4.88 Å². The highest BCUT2D eigenvalue weighted by Gasteiger charge is 2.08. The van der Waals surface area contributed by atoms with E-state index in [1.165, 1.54) is 0 Å². The molecule has 62 valence electrons. The third-order valence-electron chi connectivity index (χ3n) is 1.23. The second-order valence-electron chi connectivity index (χ2n) is 2.11. The summed E-state index contributed by atoms with van der Waals surface area (Å²) in [5.41, 5.74) is 0. The first kappa shape index (κ1) is 8.11. The number of thiazole rings is 1. The summed E-state index contributed by atoms with van der Waals surface area (Å²) in [6.45, 7) is 1.94. The van der Waals surface area contributed by atoms with Crippen molar-refractivity contribution < 1.29 is 4.52 Å². The number of aryl methyl sites for hydroxylation is 1. The van der Waals surface area contributed by atoms with Crippen LogP contribution in [0.4, 0.5) is 0 Å². The molecule has 0 saturated heterocycles. The molecule has 2 aromatic rings. The number of halogens is 1. The van der Waals surface area contributed by atoms with Crippen LogP contribution in [0.5, 0.6) is 0 Å². The lowest BCUT2D eigenvalue weighted by Crippen LogP contribution is -1.71. The number of hydrogen-bond donors (Lipinski definition) is 0. The molecule has 0 fully saturated rings. The molecule has 2 heterocycles. The number of rotatable bonds is 1. The van der Waals surface area contributed by atoms with Crippen molar-refractivity contribution >= 4 is 33.9 Å². The highest BCUT2D eigenvalue weighted by Crippen LogP contribution is 2.23. The first-order chi connectivity index (χ1) is 5.75. The first-order valence-corrected chi connectivity index (χ1v) is 5.07. The summed E-state index contributed by atoms with van der Waals surface area (Å²) in [5, 5.41) is 4.68. The minimum atomic E-state index is 0.546. The Kier molecular flexibility index (Phi) is 2.09. The predicted molar refractivity (Wildman–Crippen MR) is 52.9 cm³/mol. The van der Waals surface area contributed by atoms with E-state index in [0.29, 0.717) is 9.72 Å². The van der Waals surface area contributed by atoms with Gasteiger partial charge in [-0.15, -0.1) is 11.3 Å². The third kappa shape index (κ3) is 1.48. The first-order valence-electron chi connectivity index (χ1n) is 3.18. The van der Waals surface area contributed by atoms with E-state index < -0.39 is 0 Å². The Hall–Kier alpha value is -0.500. The van der Waals surface area contributed by atoms with E-state index in [-0.39, 0.29) is 0 Å². The summed E-state index contributed by atoms with van der Waals surface area (Å²) in [6.07, 6.45) is 1.74. The van der Waals surface area contributed by atoms with E-state index >= 15 is 0 Å². The molecule has 0 atom stereocenters. The number of nitrogens with zero attached hydrogens (tertiary/aromatic N) is 3. The summed E-state index contributed by atoms with van der Waals surface area (Å²) in [6, 6.07) is 0. The topological polar surface area (TPSA) is 51.8 Å². The van der Waals surface area contributed by atoms with Crippen LogP contribution in [0.25, 0.3) is 10.8 Å². The van der Waals surface area contributed by atoms with Gasteiger partial charge in [0, 0.05) is 22.6 Å². The fraction of sp³-hybridized carbons (Fsp3) is 0.167. The van der Waals surface area contributed by atoms with Crippen LogP contribution in [0, 0.1) is 10.8 Å². The molecule has 0 unspecified atom stereocenters. The molecule has 0 N–H and O–H groups in total. The summed E-state index contributed by atoms with van der Waals surface area (Å²) in [7, 11) is 0. The van der Waals surface area contributed by atoms with E-state index in [0.717, 1.165) is 9.88 Å². The lowest BCUT2D eigenvalue weighted by molar-refractivity contribution is 0.426. The van der Waals surface area contributed by atoms with Crippen molar-refractivity contribution in [2.24, 2.45) is 0 Å². The second kappa shape index (κ2) is 3.09. The van der Waals surface area contributed by atoms with Gasteiger partial charge in [0.2, 0.25) is 3.83 Å². The van der Waals surface area contributed by atoms with Gasteiger partial charge in [0.25, 0.3) is 5.89 Å². The van der Waals surface area contributed by atoms with Gasteiger partial charge in [-0.05, 0) is 6.92 Å². The average Bonchev–Trinajstić information content (AvgIpc) is 2.58. The molecule has 0 amide bonds. The molecule has 0 radical (unpaired) electrons. The zero-order valence-electron chi connectivity index (χ0n) is 6.11. The molecule has 2 aromatic heterocycles. The molecule has 0 aliphatic rings. The van der Waals surface area contributed by atoms with Gasteiger partial charge in [0.15, 0.2) is 0 Å². The van der Waals surface area contributed by atoms with Gasteiger partial charge in [-0.3, -0.25) is 0 Å². The minimum Gasteiger partial charge on any atom is -0.332 e. The maximum Gasteiger partial charge on any atom is 0.270 e. The Morgan fingerprint density at radius 1 is 1.58 bits per heavy atom. The van der Waals surface area contributed by atoms with Crippen molar-refractivity contribution in [1.29, 1.82) is 0 Å². The van der Waals surface area contributed by atoms with Crippen molar-refractivity contribution in [3.05, 3.63) is 15.0 Å². The predicted octanol–water partition coefficient (Wildman–Crippen LogP) is 2.11. The second-order valence-corrected chi connectivity index (χ2v) is 4.31. The molecule has 6 heteroatoms. The molecular formula is C6H4IN3OS. The quantitative estimate of drug-likeness (QED) is 0.756. The van der Waals surface area contributed by atoms with E-state index in [4.69, 9.17) is 4.52 Å². The van der Waals surface area contributed by atoms with Gasteiger partial charge in [-0.2, -0.15) is 4.98 Å². The number of hydrogen-bond acceptors (Lipinski definition) is 5. The maximum absolute atomic E-state index is 4.97. The molecule has 0 aliphatic heterocycles. The molecule has 0 aromatic carbocycles. The van der Waals surface area contributed by atoms with Crippen LogP contribution < -0.4 is 0 Å². The molecule has 0 bridgehead atoms. The number of aromatic nitrogens is 3. The standard InChI is InChI=1S/C6H4IN3OS/c1-3-8-2-4(12-3)5-9-6(7)10-11-5/h2H,1H3. The Bertz CT molecular complexity index is 359. The van der Waals surface area contributed by atoms with Gasteiger partial charge >= 0.3 is 0 Å². The minimum absolute atomic E-state index is 0.546. The molecular weight excluding hydrogens is 289 g/mol. The van der Waals surface area contributed by atoms with Gasteiger partial charge in [0.05, 0.1) is 11.2 Å². The Morgan fingerprint density at radius 3 is 2.92 bits per heavy atom. The summed E-state index contributed by atoms with van der Waals surface area (Å²) < 4.78 is 5.58. The third-order valence-corrected chi connectivity index (χ3v) is 2.57. The Balaban J connectivity index is 2.43. The largest absolute Gasteiger partial charge is 0.332 e. The van der Waals surface area contributed by atoms with Gasteiger partial charge in [-0.1, -0.05) is 5.16 Å². The van der Waals surface area contributed by atoms with Crippen molar-refractivity contribution in [2.75, 3.05) is 0 Å². The normalized spacial score (nSPS) is 10.5. The Labute approximate surface area is 86.2 Å². The fourth-order valence-corrected chi connectivity index (χ4v) is 1.78. The van der Waals surface area contributed by atoms with Gasteiger partial charge < -0.3 is 4.52 Å². The van der Waals surface area contributed by atoms with Crippen LogP contribution in [-0.4, -0.2) is 15.1 Å². The van der Waals surface area contributed by atoms with Crippen LogP contribution >= 0.6 is 33.9 Å². The summed E-state index contributed by atoms with van der Waals surface area (Å²) >= 11 is 3.55. The molecule has 0 aliphatic carbocycles. The lowest BCUT2D eigenvalue weighted by Gasteiger charge is -1.80. The van der Waals surface area contributed by atoms with Crippen molar-refractivity contribution in [2.45, 2.75) is 6.92 Å². The Morgan fingerprint density at radius 2 is 2.42 bits per heavy atom. The van der Waals surface area contributed by atoms with Crippen LogP contribution in [0.3, 0.4) is 0 Å². The van der Waals surface area contributed by atoms with Crippen LogP contribution in [-0.2, 0) is 0 Å².